The zero-order valence-electron chi connectivity index (χ0n) is 17.2. The molecule has 2 heterocycles. The van der Waals surface area contributed by atoms with Gasteiger partial charge in [-0.15, -0.1) is 10.2 Å². The van der Waals surface area contributed by atoms with Gasteiger partial charge in [-0.2, -0.15) is 0 Å². The molecule has 2 aromatic carbocycles. The first-order chi connectivity index (χ1) is 14.3. The molecular weight excluding hydrogens is 400 g/mol. The molecule has 1 aromatic heterocycles. The van der Waals surface area contributed by atoms with E-state index in [-0.39, 0.29) is 28.5 Å². The maximum atomic E-state index is 13.2. The van der Waals surface area contributed by atoms with Crippen LogP contribution in [0.1, 0.15) is 49.0 Å². The Morgan fingerprint density at radius 3 is 2.67 bits per heavy atom. The summed E-state index contributed by atoms with van der Waals surface area (Å²) in [6.07, 6.45) is 1.29. The summed E-state index contributed by atoms with van der Waals surface area (Å²) in [5.74, 6) is -0.676. The van der Waals surface area contributed by atoms with Crippen molar-refractivity contribution in [2.24, 2.45) is 0 Å². The van der Waals surface area contributed by atoms with Crippen LogP contribution in [-0.2, 0) is 10.2 Å². The summed E-state index contributed by atoms with van der Waals surface area (Å²) in [6.45, 7) is 6.57. The minimum Gasteiger partial charge on any atom is -0.506 e. The van der Waals surface area contributed by atoms with E-state index in [9.17, 15) is 14.7 Å². The van der Waals surface area contributed by atoms with Crippen LogP contribution in [0, 0.1) is 0 Å². The van der Waals surface area contributed by atoms with Crippen LogP contribution in [0.25, 0.3) is 10.8 Å². The summed E-state index contributed by atoms with van der Waals surface area (Å²) < 4.78 is 0. The largest absolute Gasteiger partial charge is 0.506 e. The molecule has 0 spiro atoms. The van der Waals surface area contributed by atoms with Gasteiger partial charge in [0.15, 0.2) is 0 Å². The number of fused-ring (bicyclic) bond motifs is 1. The molecule has 156 valence electrons. The first kappa shape index (κ1) is 20.3. The van der Waals surface area contributed by atoms with E-state index >= 15 is 0 Å². The van der Waals surface area contributed by atoms with Gasteiger partial charge in [0.2, 0.25) is 11.0 Å². The van der Waals surface area contributed by atoms with E-state index in [4.69, 9.17) is 0 Å². The van der Waals surface area contributed by atoms with Gasteiger partial charge in [-0.1, -0.05) is 62.4 Å². The monoisotopic (exact) mass is 424 g/mol. The highest BCUT2D eigenvalue weighted by atomic mass is 32.1. The SMILES string of the molecule is CC(C)(C)c1nnc(NC(=O)C2CCCN2C(=O)c2ccc3ccccc3c2O)s1. The van der Waals surface area contributed by atoms with Gasteiger partial charge in [-0.25, -0.2) is 0 Å². The Morgan fingerprint density at radius 2 is 1.93 bits per heavy atom. The van der Waals surface area contributed by atoms with Crippen LogP contribution in [0.4, 0.5) is 5.13 Å². The lowest BCUT2D eigenvalue weighted by Crippen LogP contribution is -2.43. The van der Waals surface area contributed by atoms with Crippen molar-refractivity contribution in [3.63, 3.8) is 0 Å². The number of phenols is 1. The third-order valence-electron chi connectivity index (χ3n) is 5.24. The van der Waals surface area contributed by atoms with E-state index in [0.29, 0.717) is 23.5 Å². The molecule has 0 aliphatic carbocycles. The number of nitrogens with one attached hydrogen (secondary N) is 1. The molecule has 1 saturated heterocycles. The number of anilines is 1. The Morgan fingerprint density at radius 1 is 1.17 bits per heavy atom. The fourth-order valence-electron chi connectivity index (χ4n) is 3.63. The summed E-state index contributed by atoms with van der Waals surface area (Å²) in [5, 5.41) is 24.4. The number of hydrogen-bond acceptors (Lipinski definition) is 6. The summed E-state index contributed by atoms with van der Waals surface area (Å²) in [7, 11) is 0. The number of carbonyl (C=O) groups excluding carboxylic acids is 2. The predicted molar refractivity (Wildman–Crippen MR) is 117 cm³/mol. The number of likely N-dealkylation sites (tertiary alicyclic amines) is 1. The lowest BCUT2D eigenvalue weighted by molar-refractivity contribution is -0.119. The normalized spacial score (nSPS) is 16.8. The minimum atomic E-state index is -0.606. The van der Waals surface area contributed by atoms with Crippen LogP contribution in [0.2, 0.25) is 0 Å². The van der Waals surface area contributed by atoms with Crippen molar-refractivity contribution in [1.29, 1.82) is 0 Å². The van der Waals surface area contributed by atoms with E-state index in [0.717, 1.165) is 16.8 Å². The lowest BCUT2D eigenvalue weighted by atomic mass is 9.98. The number of aromatic hydroxyl groups is 1. The number of hydrogen-bond donors (Lipinski definition) is 2. The molecule has 1 fully saturated rings. The van der Waals surface area contributed by atoms with Crippen molar-refractivity contribution in [3.8, 4) is 5.75 Å². The predicted octanol–water partition coefficient (Wildman–Crippen LogP) is 3.94. The zero-order valence-corrected chi connectivity index (χ0v) is 18.0. The fraction of sp³-hybridized carbons (Fsp3) is 0.364. The van der Waals surface area contributed by atoms with Gasteiger partial charge in [0, 0.05) is 17.3 Å². The minimum absolute atomic E-state index is 0.0527. The van der Waals surface area contributed by atoms with Crippen molar-refractivity contribution < 1.29 is 14.7 Å². The first-order valence-electron chi connectivity index (χ1n) is 9.92. The number of nitrogens with zero attached hydrogens (tertiary/aromatic N) is 3. The molecule has 8 heteroatoms. The smallest absolute Gasteiger partial charge is 0.258 e. The second-order valence-electron chi connectivity index (χ2n) is 8.49. The number of benzene rings is 2. The quantitative estimate of drug-likeness (QED) is 0.664. The molecule has 1 unspecified atom stereocenters. The van der Waals surface area contributed by atoms with E-state index < -0.39 is 6.04 Å². The molecule has 1 atom stereocenters. The van der Waals surface area contributed by atoms with Gasteiger partial charge >= 0.3 is 0 Å². The zero-order chi connectivity index (χ0) is 21.5. The van der Waals surface area contributed by atoms with Gasteiger partial charge in [0.25, 0.3) is 5.91 Å². The Hall–Kier alpha value is -3.00. The average molecular weight is 425 g/mol. The molecule has 30 heavy (non-hydrogen) atoms. The molecule has 1 aliphatic heterocycles. The molecule has 7 nitrogen and oxygen atoms in total. The van der Waals surface area contributed by atoms with Gasteiger partial charge in [0.05, 0.1) is 5.56 Å². The van der Waals surface area contributed by atoms with Crippen molar-refractivity contribution in [1.82, 2.24) is 15.1 Å². The summed E-state index contributed by atoms with van der Waals surface area (Å²) in [5.41, 5.74) is 0.0585. The molecule has 1 aliphatic rings. The summed E-state index contributed by atoms with van der Waals surface area (Å²) >= 11 is 1.34. The summed E-state index contributed by atoms with van der Waals surface area (Å²) in [6, 6.07) is 10.2. The highest BCUT2D eigenvalue weighted by molar-refractivity contribution is 7.15. The number of carbonyl (C=O) groups is 2. The number of aromatic nitrogens is 2. The van der Waals surface area contributed by atoms with Crippen LogP contribution in [0.3, 0.4) is 0 Å². The van der Waals surface area contributed by atoms with Crippen LogP contribution < -0.4 is 5.32 Å². The number of rotatable bonds is 3. The molecule has 2 N–H and O–H groups in total. The first-order valence-corrected chi connectivity index (χ1v) is 10.7. The van der Waals surface area contributed by atoms with Crippen LogP contribution in [0.5, 0.6) is 5.75 Å². The Kier molecular flexibility index (Phi) is 5.19. The third kappa shape index (κ3) is 3.75. The van der Waals surface area contributed by atoms with E-state index in [1.54, 1.807) is 12.1 Å². The molecule has 2 amide bonds. The standard InChI is InChI=1S/C22H24N4O3S/c1-22(2,3)20-24-25-21(30-20)23-18(28)16-9-6-12-26(16)19(29)15-11-10-13-7-4-5-8-14(13)17(15)27/h4-5,7-8,10-11,16,27H,6,9,12H2,1-3H3,(H,23,25,28). The van der Waals surface area contributed by atoms with Crippen LogP contribution in [-0.4, -0.2) is 44.6 Å². The maximum absolute atomic E-state index is 13.2. The molecule has 0 saturated carbocycles. The van der Waals surface area contributed by atoms with Gasteiger partial charge < -0.3 is 10.0 Å². The van der Waals surface area contributed by atoms with Crippen molar-refractivity contribution in [2.45, 2.75) is 45.1 Å². The highest BCUT2D eigenvalue weighted by Crippen LogP contribution is 2.32. The highest BCUT2D eigenvalue weighted by Gasteiger charge is 2.36. The average Bonchev–Trinajstić information content (AvgIpc) is 3.37. The molecule has 0 bridgehead atoms. The third-order valence-corrected chi connectivity index (χ3v) is 6.51. The lowest BCUT2D eigenvalue weighted by Gasteiger charge is -2.24. The van der Waals surface area contributed by atoms with Crippen molar-refractivity contribution in [2.75, 3.05) is 11.9 Å². The van der Waals surface area contributed by atoms with E-state index in [1.807, 2.05) is 45.0 Å². The van der Waals surface area contributed by atoms with Crippen molar-refractivity contribution >= 4 is 39.1 Å². The van der Waals surface area contributed by atoms with E-state index in [2.05, 4.69) is 15.5 Å². The second kappa shape index (κ2) is 7.68. The number of phenolic OH excluding ortho intramolecular Hbond substituents is 1. The summed E-state index contributed by atoms with van der Waals surface area (Å²) in [4.78, 5) is 27.6. The van der Waals surface area contributed by atoms with Gasteiger partial charge in [-0.05, 0) is 24.3 Å². The van der Waals surface area contributed by atoms with Gasteiger partial charge in [0.1, 0.15) is 16.8 Å². The maximum Gasteiger partial charge on any atom is 0.258 e. The van der Waals surface area contributed by atoms with Crippen molar-refractivity contribution in [3.05, 3.63) is 47.0 Å². The molecule has 3 aromatic rings. The van der Waals surface area contributed by atoms with E-state index in [1.165, 1.54) is 16.2 Å². The second-order valence-corrected chi connectivity index (χ2v) is 9.47. The Balaban J connectivity index is 1.54. The number of amides is 2. The van der Waals surface area contributed by atoms with Crippen LogP contribution >= 0.6 is 11.3 Å². The molecule has 4 rings (SSSR count). The Bertz CT molecular complexity index is 1120. The molecular formula is C22H24N4O3S. The Labute approximate surface area is 178 Å². The molecule has 0 radical (unpaired) electrons. The topological polar surface area (TPSA) is 95.4 Å². The fourth-order valence-corrected chi connectivity index (χ4v) is 4.43. The van der Waals surface area contributed by atoms with Crippen LogP contribution in [0.15, 0.2) is 36.4 Å². The van der Waals surface area contributed by atoms with Gasteiger partial charge in [-0.3, -0.25) is 14.9 Å².